The summed E-state index contributed by atoms with van der Waals surface area (Å²) < 4.78 is 460. The third-order valence-corrected chi connectivity index (χ3v) is 11.0. The van der Waals surface area contributed by atoms with Crippen LogP contribution in [0.5, 0.6) is 0 Å². The standard InChI is InChI=1S/C28H18F34I2O4/c29-13(30,15(33,34)17(37,38)19(41,42)21(45,46)23(49,50)25(53,54)27(57,58)59)6-8(63)4-12(11(67)68,3-1-2-10(65)66)5-9(64)7-14(31,32)16(35,36)18(39,40)20(43,44)22(47,48)24(51,52)26(55,56)28(60,61)62/h8-9H,1-7H2,(H,65,66)(H,67,68). The summed E-state index contributed by atoms with van der Waals surface area (Å²) in [6.45, 7) is 0. The maximum absolute atomic E-state index is 14.8. The van der Waals surface area contributed by atoms with Gasteiger partial charge in [0.2, 0.25) is 0 Å². The fourth-order valence-electron chi connectivity index (χ4n) is 5.34. The average molecular weight is 1320 g/mol. The van der Waals surface area contributed by atoms with Crippen LogP contribution in [-0.4, -0.2) is 125 Å². The minimum atomic E-state index is -9.12. The first-order chi connectivity index (χ1) is 29.1. The number of aliphatic carboxylic acids is 2. The van der Waals surface area contributed by atoms with Crippen molar-refractivity contribution in [2.45, 2.75) is 148 Å². The van der Waals surface area contributed by atoms with Crippen LogP contribution in [0.1, 0.15) is 44.9 Å². The number of hydrogen-bond donors (Lipinski definition) is 2. The molecule has 0 saturated carbocycles. The van der Waals surface area contributed by atoms with Crippen molar-refractivity contribution in [1.82, 2.24) is 0 Å². The van der Waals surface area contributed by atoms with Crippen molar-refractivity contribution in [1.29, 1.82) is 0 Å². The van der Waals surface area contributed by atoms with Crippen LogP contribution in [0.2, 0.25) is 0 Å². The summed E-state index contributed by atoms with van der Waals surface area (Å²) in [6.07, 6.45) is -32.3. The summed E-state index contributed by atoms with van der Waals surface area (Å²) in [5.74, 6) is -126. The number of carboxylic acid groups (broad SMARTS) is 2. The molecule has 0 aromatic rings. The Balaban J connectivity index is 7.33. The first-order valence-corrected chi connectivity index (χ1v) is 18.7. The van der Waals surface area contributed by atoms with E-state index in [1.807, 2.05) is 0 Å². The summed E-state index contributed by atoms with van der Waals surface area (Å²) >= 11 is 0.264. The summed E-state index contributed by atoms with van der Waals surface area (Å²) in [7, 11) is 0. The van der Waals surface area contributed by atoms with E-state index in [0.717, 1.165) is 0 Å². The zero-order chi connectivity index (χ0) is 55.8. The quantitative estimate of drug-likeness (QED) is 0.0543. The van der Waals surface area contributed by atoms with Crippen molar-refractivity contribution >= 4 is 57.1 Å². The van der Waals surface area contributed by atoms with Crippen LogP contribution < -0.4 is 0 Å². The van der Waals surface area contributed by atoms with Gasteiger partial charge >= 0.3 is 107 Å². The molecule has 68 heavy (non-hydrogen) atoms. The zero-order valence-electron chi connectivity index (χ0n) is 30.9. The molecule has 4 nitrogen and oxygen atoms in total. The number of hydrogen-bond acceptors (Lipinski definition) is 2. The van der Waals surface area contributed by atoms with E-state index in [9.17, 15) is 164 Å². The molecule has 0 aliphatic carbocycles. The Kier molecular flexibility index (Phi) is 18.3. The molecule has 2 unspecified atom stereocenters. The molecule has 40 heteroatoms. The third kappa shape index (κ3) is 10.3. The Morgan fingerprint density at radius 3 is 0.735 bits per heavy atom. The second kappa shape index (κ2) is 18.8. The van der Waals surface area contributed by atoms with Crippen molar-refractivity contribution in [3.63, 3.8) is 0 Å². The lowest BCUT2D eigenvalue weighted by atomic mass is 9.73. The maximum atomic E-state index is 14.8. The molecule has 0 aromatic heterocycles. The van der Waals surface area contributed by atoms with Gasteiger partial charge in [-0.1, -0.05) is 45.2 Å². The lowest BCUT2D eigenvalue weighted by Crippen LogP contribution is -2.74. The van der Waals surface area contributed by atoms with Crippen molar-refractivity contribution in [3.05, 3.63) is 0 Å². The molecule has 0 aliphatic heterocycles. The largest absolute Gasteiger partial charge is 0.481 e. The topological polar surface area (TPSA) is 74.6 Å². The molecule has 406 valence electrons. The van der Waals surface area contributed by atoms with E-state index in [2.05, 4.69) is 0 Å². The molecule has 0 aromatic carbocycles. The Morgan fingerprint density at radius 1 is 0.338 bits per heavy atom. The number of halogens is 36. The second-order valence-electron chi connectivity index (χ2n) is 14.1. The van der Waals surface area contributed by atoms with Crippen molar-refractivity contribution in [3.8, 4) is 0 Å². The van der Waals surface area contributed by atoms with Gasteiger partial charge in [-0.3, -0.25) is 9.59 Å². The van der Waals surface area contributed by atoms with Gasteiger partial charge < -0.3 is 10.2 Å². The molecule has 0 radical (unpaired) electrons. The van der Waals surface area contributed by atoms with Crippen LogP contribution in [0.3, 0.4) is 0 Å². The molecule has 2 atom stereocenters. The van der Waals surface area contributed by atoms with Gasteiger partial charge in [-0.25, -0.2) is 0 Å². The second-order valence-corrected chi connectivity index (χ2v) is 17.7. The van der Waals surface area contributed by atoms with E-state index in [1.165, 1.54) is 0 Å². The van der Waals surface area contributed by atoms with E-state index in [-0.39, 0.29) is 45.2 Å². The van der Waals surface area contributed by atoms with Crippen LogP contribution in [0.4, 0.5) is 149 Å². The maximum Gasteiger partial charge on any atom is 0.460 e. The van der Waals surface area contributed by atoms with Gasteiger partial charge in [-0.15, -0.1) is 0 Å². The van der Waals surface area contributed by atoms with Gasteiger partial charge in [-0.2, -0.15) is 149 Å². The zero-order valence-corrected chi connectivity index (χ0v) is 35.2. The monoisotopic (exact) mass is 1320 g/mol. The summed E-state index contributed by atoms with van der Waals surface area (Å²) in [5, 5.41) is 18.6. The van der Waals surface area contributed by atoms with Gasteiger partial charge in [0, 0.05) is 27.1 Å². The first kappa shape index (κ1) is 66.0. The van der Waals surface area contributed by atoms with E-state index >= 15 is 0 Å². The Bertz CT molecular complexity index is 1680. The number of carbonyl (C=O) groups is 2. The highest BCUT2D eigenvalue weighted by Gasteiger charge is 2.97. The van der Waals surface area contributed by atoms with Gasteiger partial charge in [0.25, 0.3) is 0 Å². The molecular formula is C28H18F34I2O4. The van der Waals surface area contributed by atoms with E-state index in [1.54, 1.807) is 0 Å². The molecule has 0 amide bonds. The lowest BCUT2D eigenvalue weighted by Gasteiger charge is -2.43. The number of alkyl halides is 36. The molecule has 2 N–H and O–H groups in total. The predicted molar refractivity (Wildman–Crippen MR) is 167 cm³/mol. The van der Waals surface area contributed by atoms with Gasteiger partial charge in [0.05, 0.1) is 5.41 Å². The minimum Gasteiger partial charge on any atom is -0.481 e. The van der Waals surface area contributed by atoms with Gasteiger partial charge in [0.1, 0.15) is 0 Å². The summed E-state index contributed by atoms with van der Waals surface area (Å²) in [4.78, 5) is 23.3. The molecule has 0 fully saturated rings. The SMILES string of the molecule is O=C(O)CCCC(CC(I)CC(F)(F)C(F)(F)C(F)(F)C(F)(F)C(F)(F)C(F)(F)C(F)(F)C(F)(F)F)(CC(I)CC(F)(F)C(F)(F)C(F)(F)C(F)(F)C(F)(F)C(F)(F)C(F)(F)C(F)(F)F)C(=O)O. The molecule has 0 heterocycles. The molecule has 0 bridgehead atoms. The van der Waals surface area contributed by atoms with Gasteiger partial charge in [-0.05, 0) is 25.7 Å². The molecule has 0 aliphatic rings. The normalized spacial score (nSPS) is 17.8. The van der Waals surface area contributed by atoms with Crippen LogP contribution in [0.25, 0.3) is 0 Å². The van der Waals surface area contributed by atoms with Crippen LogP contribution >= 0.6 is 45.2 Å². The van der Waals surface area contributed by atoms with E-state index in [4.69, 9.17) is 5.11 Å². The average Bonchev–Trinajstić information content (AvgIpc) is 3.08. The van der Waals surface area contributed by atoms with E-state index in [0.29, 0.717) is 0 Å². The minimum absolute atomic E-state index is 0.132. The first-order valence-electron chi connectivity index (χ1n) is 16.2. The Hall–Kier alpha value is -1.98. The van der Waals surface area contributed by atoms with Crippen molar-refractivity contribution in [2.75, 3.05) is 0 Å². The van der Waals surface area contributed by atoms with Crippen LogP contribution in [0.15, 0.2) is 0 Å². The highest BCUT2D eigenvalue weighted by Crippen LogP contribution is 2.67. The number of rotatable bonds is 25. The van der Waals surface area contributed by atoms with Crippen LogP contribution in [0, 0.1) is 5.41 Å². The van der Waals surface area contributed by atoms with Crippen molar-refractivity contribution in [2.24, 2.45) is 5.41 Å². The number of carboxylic acids is 2. The Labute approximate surface area is 379 Å². The van der Waals surface area contributed by atoms with Gasteiger partial charge in [0.15, 0.2) is 0 Å². The third-order valence-electron chi connectivity index (χ3n) is 9.25. The molecular weight excluding hydrogens is 1300 g/mol. The highest BCUT2D eigenvalue weighted by atomic mass is 127. The Morgan fingerprint density at radius 2 is 0.544 bits per heavy atom. The highest BCUT2D eigenvalue weighted by molar-refractivity contribution is 14.1. The fourth-order valence-corrected chi connectivity index (χ4v) is 8.14. The smallest absolute Gasteiger partial charge is 0.460 e. The van der Waals surface area contributed by atoms with Crippen molar-refractivity contribution < 1.29 is 169 Å². The fraction of sp³-hybridized carbons (Fsp3) is 0.929. The van der Waals surface area contributed by atoms with E-state index < -0.39 is 165 Å². The lowest BCUT2D eigenvalue weighted by molar-refractivity contribution is -0.461. The summed E-state index contributed by atoms with van der Waals surface area (Å²) in [6, 6.07) is 0. The molecule has 0 spiro atoms. The predicted octanol–water partition coefficient (Wildman–Crippen LogP) is 14.5. The molecule has 0 saturated heterocycles. The van der Waals surface area contributed by atoms with Crippen LogP contribution in [-0.2, 0) is 9.59 Å². The summed E-state index contributed by atoms with van der Waals surface area (Å²) in [5.41, 5.74) is -3.70. The molecule has 0 rings (SSSR count).